The number of hydrogen-bond acceptors (Lipinski definition) is 3. The van der Waals surface area contributed by atoms with Crippen LogP contribution in [0.15, 0.2) is 47.6 Å². The summed E-state index contributed by atoms with van der Waals surface area (Å²) in [5, 5.41) is 6.36. The summed E-state index contributed by atoms with van der Waals surface area (Å²) in [5.74, 6) is 1.50. The minimum Gasteiger partial charge on any atom is -0.357 e. The molecular weight excluding hydrogens is 329 g/mol. The van der Waals surface area contributed by atoms with Crippen LogP contribution >= 0.6 is 0 Å². The molecule has 5 nitrogen and oxygen atoms in total. The number of rotatable bonds is 6. The molecule has 0 bridgehead atoms. The Morgan fingerprint density at radius 2 is 1.96 bits per heavy atom. The lowest BCUT2D eigenvalue weighted by molar-refractivity contribution is 0.604. The molecule has 0 saturated carbocycles. The number of guanidine groups is 1. The smallest absolute Gasteiger partial charge is 0.191 e. The van der Waals surface area contributed by atoms with Crippen LogP contribution in [0.1, 0.15) is 30.9 Å². The van der Waals surface area contributed by atoms with Crippen molar-refractivity contribution in [2.45, 2.75) is 32.9 Å². The van der Waals surface area contributed by atoms with Crippen molar-refractivity contribution < 1.29 is 4.39 Å². The van der Waals surface area contributed by atoms with E-state index in [0.717, 1.165) is 31.0 Å². The van der Waals surface area contributed by atoms with Gasteiger partial charge in [-0.1, -0.05) is 24.3 Å². The highest BCUT2D eigenvalue weighted by molar-refractivity contribution is 5.79. The second-order valence-corrected chi connectivity index (χ2v) is 6.36. The lowest BCUT2D eigenvalue weighted by atomic mass is 10.2. The monoisotopic (exact) mass is 355 g/mol. The van der Waals surface area contributed by atoms with Crippen LogP contribution in [0.3, 0.4) is 0 Å². The molecule has 138 valence electrons. The topological polar surface area (TPSA) is 52.6 Å². The van der Waals surface area contributed by atoms with Gasteiger partial charge in [0.2, 0.25) is 0 Å². The fraction of sp³-hybridized carbons (Fsp3) is 0.400. The maximum atomic E-state index is 13.7. The van der Waals surface area contributed by atoms with E-state index in [9.17, 15) is 4.39 Å². The molecule has 1 fully saturated rings. The summed E-state index contributed by atoms with van der Waals surface area (Å²) in [6.45, 7) is 5.86. The van der Waals surface area contributed by atoms with Gasteiger partial charge >= 0.3 is 0 Å². The Kier molecular flexibility index (Phi) is 6.41. The summed E-state index contributed by atoms with van der Waals surface area (Å²) in [5.41, 5.74) is 1.67. The zero-order valence-corrected chi connectivity index (χ0v) is 15.2. The average molecular weight is 355 g/mol. The van der Waals surface area contributed by atoms with E-state index in [2.05, 4.69) is 37.6 Å². The van der Waals surface area contributed by atoms with Gasteiger partial charge in [-0.05, 0) is 37.5 Å². The SMILES string of the molecule is CCNC(=NCc1ccc(N2CCCC2)nc1)NCc1ccccc1F. The van der Waals surface area contributed by atoms with Gasteiger partial charge in [0.25, 0.3) is 0 Å². The van der Waals surface area contributed by atoms with E-state index in [1.54, 1.807) is 12.1 Å². The van der Waals surface area contributed by atoms with Gasteiger partial charge in [0, 0.05) is 37.9 Å². The lowest BCUT2D eigenvalue weighted by Gasteiger charge is -2.16. The second-order valence-electron chi connectivity index (χ2n) is 6.36. The molecule has 0 unspecified atom stereocenters. The van der Waals surface area contributed by atoms with E-state index >= 15 is 0 Å². The van der Waals surface area contributed by atoms with Crippen LogP contribution in [0.4, 0.5) is 10.2 Å². The number of hydrogen-bond donors (Lipinski definition) is 2. The number of nitrogens with one attached hydrogen (secondary N) is 2. The highest BCUT2D eigenvalue weighted by Gasteiger charge is 2.12. The van der Waals surface area contributed by atoms with Crippen LogP contribution < -0.4 is 15.5 Å². The molecule has 1 aromatic heterocycles. The fourth-order valence-electron chi connectivity index (χ4n) is 2.98. The summed E-state index contributed by atoms with van der Waals surface area (Å²) in [6.07, 6.45) is 4.37. The predicted octanol–water partition coefficient (Wildman–Crippen LogP) is 3.08. The Balaban J connectivity index is 1.58. The molecule has 1 aromatic carbocycles. The number of benzene rings is 1. The molecule has 1 saturated heterocycles. The van der Waals surface area contributed by atoms with E-state index in [-0.39, 0.29) is 5.82 Å². The molecule has 1 aliphatic heterocycles. The molecule has 2 aromatic rings. The Bertz CT molecular complexity index is 723. The fourth-order valence-corrected chi connectivity index (χ4v) is 2.98. The van der Waals surface area contributed by atoms with Crippen LogP contribution in [0.2, 0.25) is 0 Å². The number of nitrogens with zero attached hydrogens (tertiary/aromatic N) is 3. The largest absolute Gasteiger partial charge is 0.357 e. The molecule has 0 amide bonds. The molecule has 0 atom stereocenters. The minimum absolute atomic E-state index is 0.211. The van der Waals surface area contributed by atoms with Gasteiger partial charge in [-0.15, -0.1) is 0 Å². The highest BCUT2D eigenvalue weighted by Crippen LogP contribution is 2.17. The van der Waals surface area contributed by atoms with E-state index < -0.39 is 0 Å². The zero-order chi connectivity index (χ0) is 18.2. The van der Waals surface area contributed by atoms with Crippen LogP contribution in [-0.4, -0.2) is 30.6 Å². The lowest BCUT2D eigenvalue weighted by Crippen LogP contribution is -2.37. The number of anilines is 1. The molecule has 0 radical (unpaired) electrons. The Morgan fingerprint density at radius 3 is 2.65 bits per heavy atom. The van der Waals surface area contributed by atoms with Gasteiger partial charge in [0.15, 0.2) is 5.96 Å². The second kappa shape index (κ2) is 9.17. The van der Waals surface area contributed by atoms with Gasteiger partial charge < -0.3 is 15.5 Å². The van der Waals surface area contributed by atoms with Crippen molar-refractivity contribution in [3.63, 3.8) is 0 Å². The van der Waals surface area contributed by atoms with Gasteiger partial charge in [-0.3, -0.25) is 0 Å². The summed E-state index contributed by atoms with van der Waals surface area (Å²) in [7, 11) is 0. The van der Waals surface area contributed by atoms with Gasteiger partial charge in [0.05, 0.1) is 6.54 Å². The first-order chi connectivity index (χ1) is 12.8. The first-order valence-electron chi connectivity index (χ1n) is 9.21. The zero-order valence-electron chi connectivity index (χ0n) is 15.2. The summed E-state index contributed by atoms with van der Waals surface area (Å²) in [4.78, 5) is 11.4. The Hall–Kier alpha value is -2.63. The van der Waals surface area contributed by atoms with Crippen molar-refractivity contribution in [1.29, 1.82) is 0 Å². The number of aromatic nitrogens is 1. The summed E-state index contributed by atoms with van der Waals surface area (Å²) in [6, 6.07) is 10.9. The first-order valence-corrected chi connectivity index (χ1v) is 9.21. The first kappa shape index (κ1) is 18.2. The number of halogens is 1. The summed E-state index contributed by atoms with van der Waals surface area (Å²) < 4.78 is 13.7. The van der Waals surface area contributed by atoms with Crippen molar-refractivity contribution in [2.75, 3.05) is 24.5 Å². The third-order valence-electron chi connectivity index (χ3n) is 4.41. The van der Waals surface area contributed by atoms with Crippen molar-refractivity contribution in [2.24, 2.45) is 4.99 Å². The molecule has 26 heavy (non-hydrogen) atoms. The third-order valence-corrected chi connectivity index (χ3v) is 4.41. The molecule has 0 spiro atoms. The van der Waals surface area contributed by atoms with Crippen molar-refractivity contribution in [3.05, 3.63) is 59.5 Å². The molecule has 3 rings (SSSR count). The van der Waals surface area contributed by atoms with E-state index in [1.165, 1.54) is 18.9 Å². The van der Waals surface area contributed by atoms with E-state index in [0.29, 0.717) is 24.6 Å². The number of aliphatic imine (C=N–C) groups is 1. The normalized spacial score (nSPS) is 14.5. The molecular formula is C20H26FN5. The van der Waals surface area contributed by atoms with Crippen LogP contribution in [0.25, 0.3) is 0 Å². The summed E-state index contributed by atoms with van der Waals surface area (Å²) >= 11 is 0. The quantitative estimate of drug-likeness (QED) is 0.618. The predicted molar refractivity (Wildman–Crippen MR) is 104 cm³/mol. The van der Waals surface area contributed by atoms with E-state index in [4.69, 9.17) is 0 Å². The minimum atomic E-state index is -0.211. The standard InChI is InChI=1S/C20H26FN5/c1-2-22-20(25-15-17-7-3-4-8-18(17)21)24-14-16-9-10-19(23-13-16)26-11-5-6-12-26/h3-4,7-10,13H,2,5-6,11-12,14-15H2,1H3,(H2,22,24,25). The Morgan fingerprint density at radius 1 is 1.15 bits per heavy atom. The van der Waals surface area contributed by atoms with Gasteiger partial charge in [0.1, 0.15) is 11.6 Å². The third kappa shape index (κ3) is 4.94. The maximum absolute atomic E-state index is 13.7. The van der Waals surface area contributed by atoms with Crippen molar-refractivity contribution in [3.8, 4) is 0 Å². The molecule has 1 aliphatic rings. The molecule has 2 heterocycles. The molecule has 6 heteroatoms. The van der Waals surface area contributed by atoms with Crippen LogP contribution in [0.5, 0.6) is 0 Å². The van der Waals surface area contributed by atoms with Gasteiger partial charge in [-0.2, -0.15) is 0 Å². The molecule has 0 aliphatic carbocycles. The highest BCUT2D eigenvalue weighted by atomic mass is 19.1. The van der Waals surface area contributed by atoms with Crippen LogP contribution in [-0.2, 0) is 13.1 Å². The van der Waals surface area contributed by atoms with E-state index in [1.807, 2.05) is 19.2 Å². The number of pyridine rings is 1. The maximum Gasteiger partial charge on any atom is 0.191 e. The van der Waals surface area contributed by atoms with Crippen molar-refractivity contribution in [1.82, 2.24) is 15.6 Å². The van der Waals surface area contributed by atoms with Gasteiger partial charge in [-0.25, -0.2) is 14.4 Å². The average Bonchev–Trinajstić information content (AvgIpc) is 3.20. The Labute approximate surface area is 154 Å². The van der Waals surface area contributed by atoms with Crippen molar-refractivity contribution >= 4 is 11.8 Å². The van der Waals surface area contributed by atoms with Crippen LogP contribution in [0, 0.1) is 5.82 Å². The molecule has 2 N–H and O–H groups in total.